The van der Waals surface area contributed by atoms with Crippen molar-refractivity contribution in [2.45, 2.75) is 225 Å². The van der Waals surface area contributed by atoms with E-state index in [-0.39, 0.29) is 45.3 Å². The van der Waals surface area contributed by atoms with Crippen LogP contribution in [0.2, 0.25) is 0 Å². The van der Waals surface area contributed by atoms with E-state index in [1.165, 1.54) is 141 Å². The molecule has 0 spiro atoms. The number of amides is 1. The van der Waals surface area contributed by atoms with Crippen LogP contribution in [-0.2, 0) is 37.5 Å². The average molecular weight is 822 g/mol. The molecule has 0 bridgehead atoms. The van der Waals surface area contributed by atoms with Crippen LogP contribution >= 0.6 is 7.82 Å². The minimum Gasteiger partial charge on any atom is -0.756 e. The Morgan fingerprint density at radius 3 is 1.29 bits per heavy atom. The number of carbonyl (C=O) groups excluding carboxylic acids is 3. The zero-order valence-electron chi connectivity index (χ0n) is 36.4. The van der Waals surface area contributed by atoms with Crippen molar-refractivity contribution in [1.29, 1.82) is 0 Å². The number of ether oxygens (including phenoxy) is 2. The third kappa shape index (κ3) is 42.1. The number of esters is 2. The van der Waals surface area contributed by atoms with Gasteiger partial charge in [0.1, 0.15) is 6.61 Å². The summed E-state index contributed by atoms with van der Waals surface area (Å²) in [5.74, 6) is -1.36. The van der Waals surface area contributed by atoms with E-state index in [1.54, 1.807) is 0 Å². The first-order chi connectivity index (χ1) is 26.7. The van der Waals surface area contributed by atoms with E-state index in [0.717, 1.165) is 38.5 Å². The molecule has 2 atom stereocenters. The maximum atomic E-state index is 12.6. The topological polar surface area (TPSA) is 203 Å². The lowest BCUT2D eigenvalue weighted by atomic mass is 10.0. The minimum absolute atomic E-state index is 0. The highest BCUT2D eigenvalue weighted by Crippen LogP contribution is 2.38. The quantitative estimate of drug-likeness (QED) is 0.0302. The molecule has 0 aromatic carbocycles. The van der Waals surface area contributed by atoms with Crippen molar-refractivity contribution in [3.8, 4) is 0 Å². The normalized spacial score (nSPS) is 12.8. The van der Waals surface area contributed by atoms with E-state index in [9.17, 15) is 23.8 Å². The van der Waals surface area contributed by atoms with Crippen LogP contribution in [0.1, 0.15) is 219 Å². The molecule has 1 unspecified atom stereocenters. The van der Waals surface area contributed by atoms with E-state index in [0.29, 0.717) is 12.8 Å². The molecule has 0 aromatic rings. The lowest BCUT2D eigenvalue weighted by Crippen LogP contribution is -2.33. The Labute approximate surface area is 342 Å². The standard InChI is InChI=1S/C43H85N2O9P.H3N/c1-3-5-7-9-11-13-15-17-19-21-23-25-27-29-31-33-42(47)51-38-40(39-53-55(49,50)52-36-35-45-41(46)37-44)54-43(48)34-32-30-28-26-24-22-20-18-16-14-12-10-8-6-4-2;/h40H,3-39,44H2,1-2H3,(H,45,46)(H,49,50);1H3/t40-;/m1./s1. The SMILES string of the molecule is CCCCCCCCCCCCCCCCCC(=O)OC[C@H](COP(=O)([O-])OCCNC(=O)CN)OC(=O)CCCCCCCCCCCCCCCCC.[NH4+]. The fourth-order valence-corrected chi connectivity index (χ4v) is 7.27. The first-order valence-corrected chi connectivity index (χ1v) is 24.1. The maximum Gasteiger partial charge on any atom is 0.306 e. The molecule has 0 aromatic heterocycles. The Morgan fingerprint density at radius 2 is 0.911 bits per heavy atom. The van der Waals surface area contributed by atoms with Crippen molar-refractivity contribution in [2.75, 3.05) is 32.9 Å². The Bertz CT molecular complexity index is 944. The van der Waals surface area contributed by atoms with E-state index in [4.69, 9.17) is 24.3 Å². The second-order valence-electron chi connectivity index (χ2n) is 15.3. The summed E-state index contributed by atoms with van der Waals surface area (Å²) in [6, 6.07) is 0. The third-order valence-corrected chi connectivity index (χ3v) is 10.9. The number of unbranched alkanes of at least 4 members (excludes halogenated alkanes) is 28. The lowest BCUT2D eigenvalue weighted by molar-refractivity contribution is -0.228. The van der Waals surface area contributed by atoms with Crippen LogP contribution in [0.3, 0.4) is 0 Å². The summed E-state index contributed by atoms with van der Waals surface area (Å²) in [7, 11) is -4.77. The van der Waals surface area contributed by atoms with E-state index >= 15 is 0 Å². The fourth-order valence-electron chi connectivity index (χ4n) is 6.53. The molecule has 0 saturated carbocycles. The molecule has 334 valence electrons. The second-order valence-corrected chi connectivity index (χ2v) is 16.7. The van der Waals surface area contributed by atoms with Gasteiger partial charge in [-0.05, 0) is 12.8 Å². The smallest absolute Gasteiger partial charge is 0.306 e. The molecule has 1 amide bonds. The lowest BCUT2D eigenvalue weighted by Gasteiger charge is -2.25. The molecule has 7 N–H and O–H groups in total. The van der Waals surface area contributed by atoms with E-state index in [1.807, 2.05) is 0 Å². The van der Waals surface area contributed by atoms with Gasteiger partial charge in [0, 0.05) is 19.4 Å². The number of nitrogens with two attached hydrogens (primary N) is 1. The van der Waals surface area contributed by atoms with Crippen molar-refractivity contribution >= 4 is 25.7 Å². The maximum absolute atomic E-state index is 12.6. The summed E-state index contributed by atoms with van der Waals surface area (Å²) in [6.07, 6.45) is 36.2. The van der Waals surface area contributed by atoms with Gasteiger partial charge in [0.05, 0.1) is 19.8 Å². The Morgan fingerprint density at radius 1 is 0.554 bits per heavy atom. The first-order valence-electron chi connectivity index (χ1n) is 22.7. The van der Waals surface area contributed by atoms with Crippen LogP contribution < -0.4 is 22.1 Å². The number of phosphoric ester groups is 1. The predicted molar refractivity (Wildman–Crippen MR) is 227 cm³/mol. The van der Waals surface area contributed by atoms with Gasteiger partial charge in [-0.15, -0.1) is 0 Å². The summed E-state index contributed by atoms with van der Waals surface area (Å²) in [5, 5.41) is 2.40. The van der Waals surface area contributed by atoms with Crippen molar-refractivity contribution in [3.05, 3.63) is 0 Å². The van der Waals surface area contributed by atoms with Crippen molar-refractivity contribution in [1.82, 2.24) is 11.5 Å². The van der Waals surface area contributed by atoms with Crippen molar-refractivity contribution in [3.63, 3.8) is 0 Å². The fraction of sp³-hybridized carbons (Fsp3) is 0.930. The van der Waals surface area contributed by atoms with Gasteiger partial charge in [0.15, 0.2) is 6.10 Å². The number of rotatable bonds is 43. The third-order valence-electron chi connectivity index (χ3n) is 9.97. The molecule has 0 rings (SSSR count). The molecular formula is C43H88N3O9P. The van der Waals surface area contributed by atoms with Gasteiger partial charge in [-0.2, -0.15) is 0 Å². The zero-order valence-corrected chi connectivity index (χ0v) is 37.3. The van der Waals surface area contributed by atoms with Gasteiger partial charge in [-0.25, -0.2) is 0 Å². The molecule has 0 aliphatic heterocycles. The molecule has 12 nitrogen and oxygen atoms in total. The van der Waals surface area contributed by atoms with Gasteiger partial charge in [0.2, 0.25) is 5.91 Å². The summed E-state index contributed by atoms with van der Waals surface area (Å²) in [6.45, 7) is 3.01. The monoisotopic (exact) mass is 822 g/mol. The molecule has 0 radical (unpaired) electrons. The molecule has 0 heterocycles. The molecular weight excluding hydrogens is 733 g/mol. The summed E-state index contributed by atoms with van der Waals surface area (Å²) < 4.78 is 32.9. The Kier molecular flexibility index (Phi) is 43.4. The molecule has 0 aliphatic carbocycles. The van der Waals surface area contributed by atoms with Crippen LogP contribution in [0.4, 0.5) is 0 Å². The number of nitrogens with one attached hydrogen (secondary N) is 1. The summed E-state index contributed by atoms with van der Waals surface area (Å²) in [5.41, 5.74) is 5.22. The summed E-state index contributed by atoms with van der Waals surface area (Å²) >= 11 is 0. The Balaban J connectivity index is 0. The number of quaternary nitrogens is 1. The molecule has 56 heavy (non-hydrogen) atoms. The van der Waals surface area contributed by atoms with E-state index in [2.05, 4.69) is 19.2 Å². The minimum atomic E-state index is -4.77. The highest BCUT2D eigenvalue weighted by molar-refractivity contribution is 7.45. The molecule has 0 fully saturated rings. The molecule has 0 aliphatic rings. The van der Waals surface area contributed by atoms with Crippen molar-refractivity contribution < 1.29 is 42.4 Å². The molecule has 13 heteroatoms. The second kappa shape index (κ2) is 43.0. The number of hydrogen-bond acceptors (Lipinski definition) is 10. The number of phosphoric acid groups is 1. The first kappa shape index (κ1) is 56.5. The summed E-state index contributed by atoms with van der Waals surface area (Å²) in [4.78, 5) is 48.6. The van der Waals surface area contributed by atoms with Gasteiger partial charge >= 0.3 is 11.9 Å². The van der Waals surface area contributed by atoms with Crippen LogP contribution in [0, 0.1) is 0 Å². The van der Waals surface area contributed by atoms with Crippen LogP contribution in [0.15, 0.2) is 0 Å². The molecule has 0 saturated heterocycles. The number of carbonyl (C=O) groups is 3. The van der Waals surface area contributed by atoms with Crippen LogP contribution in [0.25, 0.3) is 0 Å². The van der Waals surface area contributed by atoms with Crippen LogP contribution in [0.5, 0.6) is 0 Å². The highest BCUT2D eigenvalue weighted by atomic mass is 31.2. The zero-order chi connectivity index (χ0) is 40.5. The van der Waals surface area contributed by atoms with Crippen LogP contribution in [-0.4, -0.2) is 56.9 Å². The Hall–Kier alpha value is -1.56. The predicted octanol–water partition coefficient (Wildman–Crippen LogP) is 10.9. The largest absolute Gasteiger partial charge is 0.756 e. The number of hydrogen-bond donors (Lipinski definition) is 3. The van der Waals surface area contributed by atoms with Gasteiger partial charge in [-0.3, -0.25) is 18.9 Å². The van der Waals surface area contributed by atoms with Crippen molar-refractivity contribution in [2.24, 2.45) is 5.73 Å². The average Bonchev–Trinajstić information content (AvgIpc) is 3.17. The van der Waals surface area contributed by atoms with Gasteiger partial charge in [-0.1, -0.05) is 194 Å². The van der Waals surface area contributed by atoms with Gasteiger partial charge in [0.25, 0.3) is 7.82 Å². The van der Waals surface area contributed by atoms with E-state index < -0.39 is 38.4 Å². The van der Waals surface area contributed by atoms with Gasteiger partial charge < -0.3 is 40.6 Å². The highest BCUT2D eigenvalue weighted by Gasteiger charge is 2.21.